The molecule has 17 heavy (non-hydrogen) atoms. The van der Waals surface area contributed by atoms with Crippen LogP contribution in [-0.2, 0) is 6.42 Å². The molecule has 0 amide bonds. The van der Waals surface area contributed by atoms with Gasteiger partial charge in [-0.3, -0.25) is 0 Å². The lowest BCUT2D eigenvalue weighted by Gasteiger charge is -2.19. The van der Waals surface area contributed by atoms with Gasteiger partial charge in [0.2, 0.25) is 0 Å². The van der Waals surface area contributed by atoms with E-state index in [1.165, 1.54) is 6.07 Å². The molecule has 1 aliphatic heterocycles. The fourth-order valence-electron chi connectivity index (χ4n) is 2.09. The highest BCUT2D eigenvalue weighted by molar-refractivity contribution is 5.44. The Balaban J connectivity index is 1.78. The first-order valence-corrected chi connectivity index (χ1v) is 6.03. The van der Waals surface area contributed by atoms with E-state index < -0.39 is 0 Å². The number of benzene rings is 1. The van der Waals surface area contributed by atoms with Crippen LogP contribution in [0.5, 0.6) is 11.5 Å². The van der Waals surface area contributed by atoms with Gasteiger partial charge in [-0.15, -0.1) is 0 Å². The van der Waals surface area contributed by atoms with Crippen molar-refractivity contribution in [2.45, 2.75) is 31.2 Å². The summed E-state index contributed by atoms with van der Waals surface area (Å²) in [4.78, 5) is 0. The Morgan fingerprint density at radius 3 is 2.47 bits per heavy atom. The predicted octanol–water partition coefficient (Wildman–Crippen LogP) is 2.02. The lowest BCUT2D eigenvalue weighted by molar-refractivity contribution is 0.170. The average Bonchev–Trinajstić information content (AvgIpc) is 3.05. The molecule has 1 aromatic rings. The molecule has 3 rings (SSSR count). The van der Waals surface area contributed by atoms with Gasteiger partial charge >= 0.3 is 0 Å². The summed E-state index contributed by atoms with van der Waals surface area (Å²) in [6.07, 6.45) is 3.61. The second kappa shape index (κ2) is 3.88. The zero-order valence-corrected chi connectivity index (χ0v) is 9.67. The van der Waals surface area contributed by atoms with Crippen LogP contribution in [0.4, 0.5) is 4.39 Å². The molecule has 1 aromatic carbocycles. The maximum absolute atomic E-state index is 13.8. The van der Waals surface area contributed by atoms with Crippen LogP contribution < -0.4 is 15.2 Å². The van der Waals surface area contributed by atoms with E-state index in [1.807, 2.05) is 0 Å². The number of hydrogen-bond acceptors (Lipinski definition) is 3. The first-order valence-electron chi connectivity index (χ1n) is 6.03. The molecule has 0 spiro atoms. The third kappa shape index (κ3) is 2.22. The minimum atomic E-state index is -0.224. The van der Waals surface area contributed by atoms with Gasteiger partial charge in [0.05, 0.1) is 0 Å². The van der Waals surface area contributed by atoms with Gasteiger partial charge in [-0.25, -0.2) is 4.39 Å². The molecule has 0 bridgehead atoms. The fourth-order valence-corrected chi connectivity index (χ4v) is 2.09. The molecule has 2 N–H and O–H groups in total. The van der Waals surface area contributed by atoms with Crippen LogP contribution in [0, 0.1) is 5.82 Å². The van der Waals surface area contributed by atoms with Crippen LogP contribution in [0.15, 0.2) is 12.1 Å². The maximum atomic E-state index is 13.8. The van der Waals surface area contributed by atoms with Gasteiger partial charge in [0.15, 0.2) is 11.5 Å². The van der Waals surface area contributed by atoms with Crippen LogP contribution in [0.25, 0.3) is 0 Å². The van der Waals surface area contributed by atoms with Crippen molar-refractivity contribution in [1.29, 1.82) is 0 Å². The molecule has 0 atom stereocenters. The van der Waals surface area contributed by atoms with Gasteiger partial charge in [-0.2, -0.15) is 0 Å². The van der Waals surface area contributed by atoms with E-state index in [0.717, 1.165) is 19.3 Å². The predicted molar refractivity (Wildman–Crippen MR) is 61.9 cm³/mol. The van der Waals surface area contributed by atoms with Crippen molar-refractivity contribution in [3.05, 3.63) is 23.5 Å². The van der Waals surface area contributed by atoms with E-state index in [9.17, 15) is 4.39 Å². The monoisotopic (exact) mass is 237 g/mol. The summed E-state index contributed by atoms with van der Waals surface area (Å²) in [5, 5.41) is 0. The molecule has 0 aromatic heterocycles. The summed E-state index contributed by atoms with van der Waals surface area (Å²) in [5.41, 5.74) is 6.63. The molecule has 1 heterocycles. The lowest BCUT2D eigenvalue weighted by atomic mass is 10.0. The number of fused-ring (bicyclic) bond motifs is 1. The topological polar surface area (TPSA) is 44.5 Å². The van der Waals surface area contributed by atoms with Crippen LogP contribution in [-0.4, -0.2) is 18.8 Å². The molecule has 0 unspecified atom stereocenters. The van der Waals surface area contributed by atoms with Gasteiger partial charge in [0, 0.05) is 11.6 Å². The van der Waals surface area contributed by atoms with Crippen molar-refractivity contribution in [2.75, 3.05) is 13.2 Å². The van der Waals surface area contributed by atoms with Gasteiger partial charge in [0.1, 0.15) is 19.0 Å². The zero-order valence-electron chi connectivity index (χ0n) is 9.67. The number of rotatable bonds is 3. The minimum Gasteiger partial charge on any atom is -0.486 e. The molecule has 92 valence electrons. The van der Waals surface area contributed by atoms with Gasteiger partial charge in [-0.05, 0) is 37.3 Å². The molecule has 4 heteroatoms. The fraction of sp³-hybridized carbons (Fsp3) is 0.538. The van der Waals surface area contributed by atoms with Crippen molar-refractivity contribution >= 4 is 0 Å². The SMILES string of the molecule is NC1(CCc2cc3c(cc2F)OCCO3)CC1. The molecule has 0 radical (unpaired) electrons. The van der Waals surface area contributed by atoms with Crippen LogP contribution in [0.1, 0.15) is 24.8 Å². The summed E-state index contributed by atoms with van der Waals surface area (Å²) in [5.74, 6) is 0.930. The van der Waals surface area contributed by atoms with Crippen molar-refractivity contribution in [3.63, 3.8) is 0 Å². The normalized spacial score (nSPS) is 20.1. The van der Waals surface area contributed by atoms with E-state index in [4.69, 9.17) is 15.2 Å². The van der Waals surface area contributed by atoms with E-state index >= 15 is 0 Å². The van der Waals surface area contributed by atoms with Crippen molar-refractivity contribution in [1.82, 2.24) is 0 Å². The molecule has 1 saturated carbocycles. The van der Waals surface area contributed by atoms with Crippen molar-refractivity contribution in [3.8, 4) is 11.5 Å². The van der Waals surface area contributed by atoms with Gasteiger partial charge in [-0.1, -0.05) is 0 Å². The Labute approximate surface area is 99.7 Å². The highest BCUT2D eigenvalue weighted by atomic mass is 19.1. The average molecular weight is 237 g/mol. The number of aryl methyl sites for hydroxylation is 1. The molecule has 1 fully saturated rings. The van der Waals surface area contributed by atoms with E-state index in [0.29, 0.717) is 36.7 Å². The second-order valence-corrected chi connectivity index (χ2v) is 4.95. The summed E-state index contributed by atoms with van der Waals surface area (Å²) in [7, 11) is 0. The van der Waals surface area contributed by atoms with E-state index in [-0.39, 0.29) is 11.4 Å². The molecule has 1 aliphatic carbocycles. The van der Waals surface area contributed by atoms with E-state index in [1.54, 1.807) is 6.07 Å². The third-order valence-electron chi connectivity index (χ3n) is 3.50. The van der Waals surface area contributed by atoms with Crippen LogP contribution in [0.2, 0.25) is 0 Å². The molecule has 0 saturated heterocycles. The van der Waals surface area contributed by atoms with Crippen molar-refractivity contribution in [2.24, 2.45) is 5.73 Å². The second-order valence-electron chi connectivity index (χ2n) is 4.95. The lowest BCUT2D eigenvalue weighted by Crippen LogP contribution is -2.22. The first kappa shape index (κ1) is 10.8. The highest BCUT2D eigenvalue weighted by Crippen LogP contribution is 2.38. The Bertz CT molecular complexity index is 443. The summed E-state index contributed by atoms with van der Waals surface area (Å²) >= 11 is 0. The number of halogens is 1. The quantitative estimate of drug-likeness (QED) is 0.874. The van der Waals surface area contributed by atoms with Gasteiger partial charge < -0.3 is 15.2 Å². The highest BCUT2D eigenvalue weighted by Gasteiger charge is 2.37. The van der Waals surface area contributed by atoms with Crippen LogP contribution in [0.3, 0.4) is 0 Å². The van der Waals surface area contributed by atoms with Crippen molar-refractivity contribution < 1.29 is 13.9 Å². The Hall–Kier alpha value is -1.29. The van der Waals surface area contributed by atoms with Gasteiger partial charge in [0.25, 0.3) is 0 Å². The Morgan fingerprint density at radius 2 is 1.82 bits per heavy atom. The summed E-state index contributed by atoms with van der Waals surface area (Å²) in [6, 6.07) is 3.16. The molecule has 3 nitrogen and oxygen atoms in total. The number of ether oxygens (including phenoxy) is 2. The minimum absolute atomic E-state index is 0.0420. The maximum Gasteiger partial charge on any atom is 0.164 e. The van der Waals surface area contributed by atoms with Crippen LogP contribution >= 0.6 is 0 Å². The number of nitrogens with two attached hydrogens (primary N) is 1. The Kier molecular flexibility index (Phi) is 2.47. The number of hydrogen-bond donors (Lipinski definition) is 1. The van der Waals surface area contributed by atoms with E-state index in [2.05, 4.69) is 0 Å². The Morgan fingerprint density at radius 1 is 1.18 bits per heavy atom. The largest absolute Gasteiger partial charge is 0.486 e. The summed E-state index contributed by atoms with van der Waals surface area (Å²) in [6.45, 7) is 1.01. The summed E-state index contributed by atoms with van der Waals surface area (Å²) < 4.78 is 24.6. The zero-order chi connectivity index (χ0) is 11.9. The molecule has 2 aliphatic rings. The molecular weight excluding hydrogens is 221 g/mol. The smallest absolute Gasteiger partial charge is 0.164 e. The first-order chi connectivity index (χ1) is 8.16. The molecular formula is C13H16FNO2. The third-order valence-corrected chi connectivity index (χ3v) is 3.50. The standard InChI is InChI=1S/C13H16FNO2/c14-10-8-12-11(16-5-6-17-12)7-9(10)1-2-13(15)3-4-13/h7-8H,1-6,15H2.